The first-order chi connectivity index (χ1) is 8.81. The summed E-state index contributed by atoms with van der Waals surface area (Å²) >= 11 is 0. The third-order valence-corrected chi connectivity index (χ3v) is 4.24. The van der Waals surface area contributed by atoms with E-state index in [0.717, 1.165) is 25.6 Å². The fraction of sp³-hybridized carbons (Fsp3) is 0.800. The first-order valence-corrected chi connectivity index (χ1v) is 7.53. The molecular formula is C15H27N3. The highest BCUT2D eigenvalue weighted by Crippen LogP contribution is 2.26. The number of nitrogens with zero attached hydrogens (tertiary/aromatic N) is 2. The van der Waals surface area contributed by atoms with Gasteiger partial charge in [-0.2, -0.15) is 5.10 Å². The van der Waals surface area contributed by atoms with Gasteiger partial charge < -0.3 is 5.32 Å². The van der Waals surface area contributed by atoms with Crippen LogP contribution >= 0.6 is 0 Å². The summed E-state index contributed by atoms with van der Waals surface area (Å²) in [5, 5.41) is 7.90. The molecule has 3 heteroatoms. The summed E-state index contributed by atoms with van der Waals surface area (Å²) in [6.07, 6.45) is 10.5. The van der Waals surface area contributed by atoms with Gasteiger partial charge in [-0.25, -0.2) is 0 Å². The van der Waals surface area contributed by atoms with Gasteiger partial charge in [0.1, 0.15) is 0 Å². The SMILES string of the molecule is CCNCc1cnn(CCC2CCCCC2)c1C. The van der Waals surface area contributed by atoms with Gasteiger partial charge in [-0.05, 0) is 25.8 Å². The summed E-state index contributed by atoms with van der Waals surface area (Å²) in [6.45, 7) is 7.41. The van der Waals surface area contributed by atoms with Crippen LogP contribution in [0.1, 0.15) is 56.7 Å². The molecule has 0 atom stereocenters. The van der Waals surface area contributed by atoms with Gasteiger partial charge in [-0.15, -0.1) is 0 Å². The molecule has 0 aliphatic heterocycles. The molecule has 3 nitrogen and oxygen atoms in total. The van der Waals surface area contributed by atoms with Gasteiger partial charge in [0.2, 0.25) is 0 Å². The minimum Gasteiger partial charge on any atom is -0.313 e. The Morgan fingerprint density at radius 3 is 2.83 bits per heavy atom. The molecule has 0 spiro atoms. The molecule has 0 radical (unpaired) electrons. The highest BCUT2D eigenvalue weighted by atomic mass is 15.3. The van der Waals surface area contributed by atoms with Crippen LogP contribution in [-0.2, 0) is 13.1 Å². The van der Waals surface area contributed by atoms with Crippen LogP contribution in [0, 0.1) is 12.8 Å². The predicted molar refractivity (Wildman–Crippen MR) is 75.5 cm³/mol. The average molecular weight is 249 g/mol. The molecule has 0 aromatic carbocycles. The van der Waals surface area contributed by atoms with E-state index in [2.05, 4.69) is 28.9 Å². The van der Waals surface area contributed by atoms with Crippen LogP contribution in [-0.4, -0.2) is 16.3 Å². The van der Waals surface area contributed by atoms with Crippen molar-refractivity contribution < 1.29 is 0 Å². The van der Waals surface area contributed by atoms with Crippen molar-refractivity contribution >= 4 is 0 Å². The van der Waals surface area contributed by atoms with Crippen molar-refractivity contribution in [1.82, 2.24) is 15.1 Å². The summed E-state index contributed by atoms with van der Waals surface area (Å²) in [7, 11) is 0. The van der Waals surface area contributed by atoms with Crippen molar-refractivity contribution in [2.75, 3.05) is 6.54 Å². The molecule has 1 N–H and O–H groups in total. The lowest BCUT2D eigenvalue weighted by Gasteiger charge is -2.21. The van der Waals surface area contributed by atoms with E-state index in [1.54, 1.807) is 0 Å². The summed E-state index contributed by atoms with van der Waals surface area (Å²) in [5.74, 6) is 0.944. The van der Waals surface area contributed by atoms with Crippen LogP contribution in [0.25, 0.3) is 0 Å². The molecule has 1 saturated carbocycles. The van der Waals surface area contributed by atoms with Gasteiger partial charge in [-0.1, -0.05) is 39.0 Å². The van der Waals surface area contributed by atoms with Crippen LogP contribution < -0.4 is 5.32 Å². The molecule has 1 aliphatic rings. The maximum Gasteiger partial charge on any atom is 0.0537 e. The summed E-state index contributed by atoms with van der Waals surface area (Å²) in [4.78, 5) is 0. The number of aryl methyl sites for hydroxylation is 1. The predicted octanol–water partition coefficient (Wildman–Crippen LogP) is 3.27. The van der Waals surface area contributed by atoms with Crippen LogP contribution in [0.2, 0.25) is 0 Å². The fourth-order valence-electron chi connectivity index (χ4n) is 2.92. The molecule has 1 aromatic rings. The second-order valence-electron chi connectivity index (χ2n) is 5.55. The smallest absolute Gasteiger partial charge is 0.0537 e. The van der Waals surface area contributed by atoms with Crippen molar-refractivity contribution in [3.8, 4) is 0 Å². The summed E-state index contributed by atoms with van der Waals surface area (Å²) in [6, 6.07) is 0. The van der Waals surface area contributed by atoms with E-state index in [1.165, 1.54) is 49.8 Å². The topological polar surface area (TPSA) is 29.9 Å². The lowest BCUT2D eigenvalue weighted by atomic mass is 9.87. The second-order valence-corrected chi connectivity index (χ2v) is 5.55. The van der Waals surface area contributed by atoms with Crippen molar-refractivity contribution in [3.05, 3.63) is 17.5 Å². The number of rotatable bonds is 6. The fourth-order valence-corrected chi connectivity index (χ4v) is 2.92. The van der Waals surface area contributed by atoms with E-state index in [1.807, 2.05) is 6.20 Å². The molecule has 0 unspecified atom stereocenters. The maximum absolute atomic E-state index is 4.53. The van der Waals surface area contributed by atoms with E-state index < -0.39 is 0 Å². The molecule has 0 amide bonds. The normalized spacial score (nSPS) is 17.2. The molecule has 1 aliphatic carbocycles. The van der Waals surface area contributed by atoms with Crippen LogP contribution in [0.15, 0.2) is 6.20 Å². The van der Waals surface area contributed by atoms with E-state index in [9.17, 15) is 0 Å². The van der Waals surface area contributed by atoms with E-state index in [4.69, 9.17) is 0 Å². The Labute approximate surface area is 111 Å². The molecule has 18 heavy (non-hydrogen) atoms. The number of nitrogens with one attached hydrogen (secondary N) is 1. The number of hydrogen-bond donors (Lipinski definition) is 1. The lowest BCUT2D eigenvalue weighted by Crippen LogP contribution is -2.14. The van der Waals surface area contributed by atoms with E-state index in [-0.39, 0.29) is 0 Å². The van der Waals surface area contributed by atoms with Gasteiger partial charge in [0.15, 0.2) is 0 Å². The largest absolute Gasteiger partial charge is 0.313 e. The Morgan fingerprint density at radius 2 is 2.11 bits per heavy atom. The van der Waals surface area contributed by atoms with E-state index >= 15 is 0 Å². The van der Waals surface area contributed by atoms with Crippen LogP contribution in [0.4, 0.5) is 0 Å². The lowest BCUT2D eigenvalue weighted by molar-refractivity contribution is 0.317. The summed E-state index contributed by atoms with van der Waals surface area (Å²) in [5.41, 5.74) is 2.69. The molecule has 1 fully saturated rings. The van der Waals surface area contributed by atoms with Crippen molar-refractivity contribution in [2.24, 2.45) is 5.92 Å². The van der Waals surface area contributed by atoms with E-state index in [0.29, 0.717) is 0 Å². The summed E-state index contributed by atoms with van der Waals surface area (Å²) < 4.78 is 2.20. The third kappa shape index (κ3) is 3.58. The molecule has 0 bridgehead atoms. The third-order valence-electron chi connectivity index (χ3n) is 4.24. The Bertz CT molecular complexity index is 351. The Hall–Kier alpha value is -0.830. The highest BCUT2D eigenvalue weighted by molar-refractivity contribution is 5.15. The molecule has 1 aromatic heterocycles. The number of aromatic nitrogens is 2. The van der Waals surface area contributed by atoms with Gasteiger partial charge >= 0.3 is 0 Å². The zero-order valence-corrected chi connectivity index (χ0v) is 11.9. The quantitative estimate of drug-likeness (QED) is 0.838. The monoisotopic (exact) mass is 249 g/mol. The Morgan fingerprint density at radius 1 is 1.33 bits per heavy atom. The van der Waals surface area contributed by atoms with Gasteiger partial charge in [0.05, 0.1) is 6.20 Å². The van der Waals surface area contributed by atoms with Gasteiger partial charge in [-0.3, -0.25) is 4.68 Å². The number of hydrogen-bond acceptors (Lipinski definition) is 2. The molecular weight excluding hydrogens is 222 g/mol. The van der Waals surface area contributed by atoms with Crippen molar-refractivity contribution in [2.45, 2.75) is 65.5 Å². The minimum atomic E-state index is 0.944. The van der Waals surface area contributed by atoms with Crippen LogP contribution in [0.3, 0.4) is 0 Å². The minimum absolute atomic E-state index is 0.944. The van der Waals surface area contributed by atoms with Gasteiger partial charge in [0, 0.05) is 24.3 Å². The zero-order chi connectivity index (χ0) is 12.8. The maximum atomic E-state index is 4.53. The molecule has 102 valence electrons. The van der Waals surface area contributed by atoms with Crippen LogP contribution in [0.5, 0.6) is 0 Å². The highest BCUT2D eigenvalue weighted by Gasteiger charge is 2.14. The molecule has 0 saturated heterocycles. The molecule has 1 heterocycles. The van der Waals surface area contributed by atoms with Crippen molar-refractivity contribution in [1.29, 1.82) is 0 Å². The van der Waals surface area contributed by atoms with Crippen molar-refractivity contribution in [3.63, 3.8) is 0 Å². The average Bonchev–Trinajstić information content (AvgIpc) is 2.76. The first-order valence-electron chi connectivity index (χ1n) is 7.53. The zero-order valence-electron chi connectivity index (χ0n) is 11.9. The first kappa shape index (κ1) is 13.6. The van der Waals surface area contributed by atoms with Gasteiger partial charge in [0.25, 0.3) is 0 Å². The molecule has 2 rings (SSSR count). The Balaban J connectivity index is 1.83. The second kappa shape index (κ2) is 6.93. The Kier molecular flexibility index (Phi) is 5.24. The standard InChI is InChI=1S/C15H27N3/c1-3-16-11-15-12-17-18(13(15)2)10-9-14-7-5-4-6-8-14/h12,14,16H,3-11H2,1-2H3.